The normalized spacial score (nSPS) is 11.8. The van der Waals surface area contributed by atoms with Crippen molar-refractivity contribution in [2.75, 3.05) is 18.5 Å². The number of esters is 1. The lowest BCUT2D eigenvalue weighted by Crippen LogP contribution is -2.28. The summed E-state index contributed by atoms with van der Waals surface area (Å²) in [5, 5.41) is 3.65. The number of rotatable bonds is 8. The van der Waals surface area contributed by atoms with Gasteiger partial charge in [0.2, 0.25) is 10.0 Å². The second-order valence-corrected chi connectivity index (χ2v) is 8.68. The summed E-state index contributed by atoms with van der Waals surface area (Å²) < 4.78 is 70.7. The van der Waals surface area contributed by atoms with E-state index in [0.717, 1.165) is 22.9 Å². The highest BCUT2D eigenvalue weighted by atomic mass is 32.2. The van der Waals surface area contributed by atoms with E-state index in [9.17, 15) is 31.2 Å². The molecule has 7 nitrogen and oxygen atoms in total. The molecule has 0 aliphatic carbocycles. The number of anilines is 1. The van der Waals surface area contributed by atoms with Crippen molar-refractivity contribution in [3.63, 3.8) is 0 Å². The Balaban J connectivity index is 1.48. The second-order valence-electron chi connectivity index (χ2n) is 6.91. The van der Waals surface area contributed by atoms with E-state index in [4.69, 9.17) is 4.74 Å². The first kappa shape index (κ1) is 24.2. The molecule has 2 N–H and O–H groups in total. The molecule has 0 fully saturated rings. The third kappa shape index (κ3) is 6.53. The maximum absolute atomic E-state index is 13.0. The standard InChI is InChI=1S/C22H19F3N2O5S/c23-22(24,25)18-7-3-4-8-19(18)27-20(28)14-32-21(29)11-12-26-33(30,31)17-10-9-15-5-1-2-6-16(15)13-17/h1-10,13,26H,11-12,14H2,(H,27,28). The first-order valence-corrected chi connectivity index (χ1v) is 11.1. The number of carbonyl (C=O) groups is 2. The number of nitrogens with one attached hydrogen (secondary N) is 2. The van der Waals surface area contributed by atoms with Crippen molar-refractivity contribution < 1.29 is 35.9 Å². The van der Waals surface area contributed by atoms with Gasteiger partial charge in [-0.2, -0.15) is 13.2 Å². The minimum absolute atomic E-state index is 0.0253. The summed E-state index contributed by atoms with van der Waals surface area (Å²) in [5.74, 6) is -1.85. The molecule has 3 aromatic rings. The second kappa shape index (κ2) is 10.0. The predicted octanol–water partition coefficient (Wildman–Crippen LogP) is 3.71. The van der Waals surface area contributed by atoms with Gasteiger partial charge in [0.1, 0.15) is 0 Å². The molecule has 0 saturated carbocycles. The number of halogens is 3. The molecule has 0 aromatic heterocycles. The number of amides is 1. The van der Waals surface area contributed by atoms with Gasteiger partial charge in [0.15, 0.2) is 6.61 Å². The third-order valence-electron chi connectivity index (χ3n) is 4.52. The number of hydrogen-bond donors (Lipinski definition) is 2. The van der Waals surface area contributed by atoms with E-state index >= 15 is 0 Å². The fraction of sp³-hybridized carbons (Fsp3) is 0.182. The highest BCUT2D eigenvalue weighted by Crippen LogP contribution is 2.34. The van der Waals surface area contributed by atoms with Crippen LogP contribution < -0.4 is 10.0 Å². The molecule has 3 aromatic carbocycles. The third-order valence-corrected chi connectivity index (χ3v) is 5.98. The first-order valence-electron chi connectivity index (χ1n) is 9.66. The van der Waals surface area contributed by atoms with Gasteiger partial charge in [-0.05, 0) is 35.0 Å². The van der Waals surface area contributed by atoms with Crippen molar-refractivity contribution in [2.45, 2.75) is 17.5 Å². The van der Waals surface area contributed by atoms with Crippen LogP contribution in [-0.2, 0) is 30.5 Å². The van der Waals surface area contributed by atoms with Gasteiger partial charge in [0, 0.05) is 6.54 Å². The fourth-order valence-corrected chi connectivity index (χ4v) is 4.02. The molecule has 0 spiro atoms. The average molecular weight is 480 g/mol. The monoisotopic (exact) mass is 480 g/mol. The summed E-state index contributed by atoms with van der Waals surface area (Å²) in [6, 6.07) is 16.2. The number of carbonyl (C=O) groups excluding carboxylic acids is 2. The first-order chi connectivity index (χ1) is 15.6. The van der Waals surface area contributed by atoms with Gasteiger partial charge in [-0.3, -0.25) is 9.59 Å². The van der Waals surface area contributed by atoms with Gasteiger partial charge in [-0.15, -0.1) is 0 Å². The summed E-state index contributed by atoms with van der Waals surface area (Å²) >= 11 is 0. The number of hydrogen-bond acceptors (Lipinski definition) is 5. The zero-order valence-corrected chi connectivity index (χ0v) is 17.9. The van der Waals surface area contributed by atoms with E-state index < -0.39 is 45.9 Å². The summed E-state index contributed by atoms with van der Waals surface area (Å²) in [7, 11) is -3.88. The Hall–Kier alpha value is -3.44. The lowest BCUT2D eigenvalue weighted by Gasteiger charge is -2.13. The lowest BCUT2D eigenvalue weighted by atomic mass is 10.1. The van der Waals surface area contributed by atoms with Crippen LogP contribution in [0.15, 0.2) is 71.6 Å². The molecule has 0 unspecified atom stereocenters. The average Bonchev–Trinajstić information content (AvgIpc) is 2.77. The van der Waals surface area contributed by atoms with Gasteiger partial charge in [-0.25, -0.2) is 13.1 Å². The van der Waals surface area contributed by atoms with Crippen molar-refractivity contribution in [1.29, 1.82) is 0 Å². The number of fused-ring (bicyclic) bond motifs is 1. The molecule has 3 rings (SSSR count). The zero-order valence-electron chi connectivity index (χ0n) is 17.1. The Morgan fingerprint density at radius 1 is 0.909 bits per heavy atom. The van der Waals surface area contributed by atoms with E-state index in [1.807, 2.05) is 17.4 Å². The lowest BCUT2D eigenvalue weighted by molar-refractivity contribution is -0.147. The quantitative estimate of drug-likeness (QED) is 0.479. The van der Waals surface area contributed by atoms with Crippen LogP contribution in [0.3, 0.4) is 0 Å². The summed E-state index contributed by atoms with van der Waals surface area (Å²) in [6.07, 6.45) is -5.04. The van der Waals surface area contributed by atoms with Crippen LogP contribution in [0.2, 0.25) is 0 Å². The Morgan fingerprint density at radius 2 is 1.58 bits per heavy atom. The number of sulfonamides is 1. The molecule has 0 bridgehead atoms. The van der Waals surface area contributed by atoms with E-state index in [1.54, 1.807) is 18.2 Å². The number of benzene rings is 3. The van der Waals surface area contributed by atoms with Crippen molar-refractivity contribution in [2.24, 2.45) is 0 Å². The smallest absolute Gasteiger partial charge is 0.418 e. The topological polar surface area (TPSA) is 102 Å². The fourth-order valence-electron chi connectivity index (χ4n) is 2.95. The van der Waals surface area contributed by atoms with Gasteiger partial charge in [0.05, 0.1) is 22.6 Å². The number of alkyl halides is 3. The molecule has 1 amide bonds. The van der Waals surface area contributed by atoms with Crippen LogP contribution in [0, 0.1) is 0 Å². The van der Waals surface area contributed by atoms with E-state index in [0.29, 0.717) is 0 Å². The summed E-state index contributed by atoms with van der Waals surface area (Å²) in [4.78, 5) is 23.7. The Morgan fingerprint density at radius 3 is 2.30 bits per heavy atom. The molecular weight excluding hydrogens is 461 g/mol. The predicted molar refractivity (Wildman–Crippen MR) is 115 cm³/mol. The van der Waals surface area contributed by atoms with Gasteiger partial charge < -0.3 is 10.1 Å². The van der Waals surface area contributed by atoms with Gasteiger partial charge in [-0.1, -0.05) is 42.5 Å². The largest absolute Gasteiger partial charge is 0.456 e. The maximum Gasteiger partial charge on any atom is 0.418 e. The van der Waals surface area contributed by atoms with Crippen molar-refractivity contribution in [1.82, 2.24) is 4.72 Å². The SMILES string of the molecule is O=C(COC(=O)CCNS(=O)(=O)c1ccc2ccccc2c1)Nc1ccccc1C(F)(F)F. The molecular formula is C22H19F3N2O5S. The van der Waals surface area contributed by atoms with Crippen LogP contribution in [0.5, 0.6) is 0 Å². The molecule has 33 heavy (non-hydrogen) atoms. The molecule has 0 saturated heterocycles. The highest BCUT2D eigenvalue weighted by Gasteiger charge is 2.33. The summed E-state index contributed by atoms with van der Waals surface area (Å²) in [5.41, 5.74) is -1.50. The van der Waals surface area contributed by atoms with E-state index in [1.165, 1.54) is 24.3 Å². The van der Waals surface area contributed by atoms with Crippen LogP contribution in [0.1, 0.15) is 12.0 Å². The molecule has 0 heterocycles. The van der Waals surface area contributed by atoms with Crippen LogP contribution >= 0.6 is 0 Å². The van der Waals surface area contributed by atoms with Crippen molar-refractivity contribution in [3.8, 4) is 0 Å². The van der Waals surface area contributed by atoms with Gasteiger partial charge >= 0.3 is 12.1 Å². The van der Waals surface area contributed by atoms with Crippen molar-refractivity contribution in [3.05, 3.63) is 72.3 Å². The van der Waals surface area contributed by atoms with Crippen molar-refractivity contribution >= 4 is 38.4 Å². The number of ether oxygens (including phenoxy) is 1. The minimum atomic E-state index is -4.66. The Labute approximate surface area is 187 Å². The minimum Gasteiger partial charge on any atom is -0.456 e. The molecule has 0 aliphatic heterocycles. The zero-order chi connectivity index (χ0) is 24.1. The Bertz CT molecular complexity index is 1280. The van der Waals surface area contributed by atoms with E-state index in [2.05, 4.69) is 4.72 Å². The highest BCUT2D eigenvalue weighted by molar-refractivity contribution is 7.89. The van der Waals surface area contributed by atoms with E-state index in [-0.39, 0.29) is 17.9 Å². The molecule has 0 atom stereocenters. The van der Waals surface area contributed by atoms with Crippen LogP contribution in [0.25, 0.3) is 10.8 Å². The molecule has 11 heteroatoms. The maximum atomic E-state index is 13.0. The molecule has 0 radical (unpaired) electrons. The van der Waals surface area contributed by atoms with Gasteiger partial charge in [0.25, 0.3) is 5.91 Å². The summed E-state index contributed by atoms with van der Waals surface area (Å²) in [6.45, 7) is -1.10. The van der Waals surface area contributed by atoms with Crippen LogP contribution in [0.4, 0.5) is 18.9 Å². The molecule has 174 valence electrons. The molecule has 0 aliphatic rings. The number of para-hydroxylation sites is 1. The Kier molecular flexibility index (Phi) is 7.34. The van der Waals surface area contributed by atoms with Crippen LogP contribution in [-0.4, -0.2) is 33.4 Å².